The van der Waals surface area contributed by atoms with Crippen molar-refractivity contribution in [3.63, 3.8) is 0 Å². The molecule has 2 aromatic heterocycles. The minimum absolute atomic E-state index is 0.0767. The van der Waals surface area contributed by atoms with Gasteiger partial charge in [0.1, 0.15) is 0 Å². The van der Waals surface area contributed by atoms with Gasteiger partial charge in [-0.15, -0.1) is 0 Å². The van der Waals surface area contributed by atoms with Crippen LogP contribution in [0.1, 0.15) is 0 Å². The second-order valence-corrected chi connectivity index (χ2v) is 7.99. The lowest BCUT2D eigenvalue weighted by Gasteiger charge is -2.08. The molecule has 0 saturated heterocycles. The third-order valence-corrected chi connectivity index (χ3v) is 5.82. The van der Waals surface area contributed by atoms with Crippen LogP contribution in [-0.2, 0) is 0 Å². The van der Waals surface area contributed by atoms with Gasteiger partial charge in [0.25, 0.3) is 0 Å². The van der Waals surface area contributed by atoms with E-state index in [1.54, 1.807) is 0 Å². The Labute approximate surface area is 187 Å². The minimum Gasteiger partial charge on any atom is -0.309 e. The standard InChI is InChI=1S/C25H14Cl2N4/c26-24-28-23(29-25(27)30-24)17-10-11-21-19(13-17)20-12-15-6-4-5-7-16(15)14-22(20)31(21)18-8-2-1-3-9-18/h1-14H. The molecule has 0 radical (unpaired) electrons. The molecule has 4 nitrogen and oxygen atoms in total. The van der Waals surface area contributed by atoms with Crippen molar-refractivity contribution >= 4 is 55.8 Å². The Kier molecular flexibility index (Phi) is 4.16. The molecule has 0 unspecified atom stereocenters. The van der Waals surface area contributed by atoms with E-state index < -0.39 is 0 Å². The van der Waals surface area contributed by atoms with Gasteiger partial charge in [-0.25, -0.2) is 0 Å². The molecule has 2 heterocycles. The summed E-state index contributed by atoms with van der Waals surface area (Å²) in [4.78, 5) is 12.4. The van der Waals surface area contributed by atoms with Gasteiger partial charge in [-0.05, 0) is 76.4 Å². The molecule has 6 rings (SSSR count). The van der Waals surface area contributed by atoms with Crippen LogP contribution in [0, 0.1) is 0 Å². The first-order chi connectivity index (χ1) is 15.2. The van der Waals surface area contributed by atoms with E-state index in [0.717, 1.165) is 33.1 Å². The van der Waals surface area contributed by atoms with Gasteiger partial charge in [0.2, 0.25) is 10.6 Å². The summed E-state index contributed by atoms with van der Waals surface area (Å²) >= 11 is 12.0. The summed E-state index contributed by atoms with van der Waals surface area (Å²) in [5, 5.41) is 4.81. The van der Waals surface area contributed by atoms with E-state index in [1.807, 2.05) is 12.1 Å². The summed E-state index contributed by atoms with van der Waals surface area (Å²) in [6.45, 7) is 0. The summed E-state index contributed by atoms with van der Waals surface area (Å²) in [5.41, 5.74) is 4.19. The van der Waals surface area contributed by atoms with E-state index in [2.05, 4.69) is 92.3 Å². The number of halogens is 2. The Balaban J connectivity index is 1.72. The van der Waals surface area contributed by atoms with Crippen LogP contribution in [0.2, 0.25) is 10.6 Å². The second-order valence-electron chi connectivity index (χ2n) is 7.32. The maximum Gasteiger partial charge on any atom is 0.227 e. The quantitative estimate of drug-likeness (QED) is 0.288. The van der Waals surface area contributed by atoms with E-state index in [0.29, 0.717) is 5.82 Å². The fourth-order valence-electron chi connectivity index (χ4n) is 4.15. The molecular formula is C25H14Cl2N4. The van der Waals surface area contributed by atoms with Crippen molar-refractivity contribution in [2.45, 2.75) is 0 Å². The topological polar surface area (TPSA) is 43.6 Å². The van der Waals surface area contributed by atoms with E-state index in [1.165, 1.54) is 10.8 Å². The predicted molar refractivity (Wildman–Crippen MR) is 127 cm³/mol. The van der Waals surface area contributed by atoms with E-state index in [9.17, 15) is 0 Å². The molecule has 6 aromatic rings. The van der Waals surface area contributed by atoms with Gasteiger partial charge in [0, 0.05) is 22.0 Å². The highest BCUT2D eigenvalue weighted by Gasteiger charge is 2.15. The molecular weight excluding hydrogens is 427 g/mol. The molecule has 0 spiro atoms. The zero-order valence-corrected chi connectivity index (χ0v) is 17.6. The van der Waals surface area contributed by atoms with E-state index in [4.69, 9.17) is 23.2 Å². The van der Waals surface area contributed by atoms with Crippen LogP contribution in [0.15, 0.2) is 84.9 Å². The molecule has 0 atom stereocenters. The molecule has 0 aliphatic heterocycles. The summed E-state index contributed by atoms with van der Waals surface area (Å²) < 4.78 is 2.29. The highest BCUT2D eigenvalue weighted by Crippen LogP contribution is 2.36. The van der Waals surface area contributed by atoms with Crippen LogP contribution >= 0.6 is 23.2 Å². The highest BCUT2D eigenvalue weighted by atomic mass is 35.5. The minimum atomic E-state index is 0.0767. The zero-order chi connectivity index (χ0) is 20.9. The van der Waals surface area contributed by atoms with Crippen LogP contribution in [0.5, 0.6) is 0 Å². The van der Waals surface area contributed by atoms with Gasteiger partial charge in [0.15, 0.2) is 5.82 Å². The normalized spacial score (nSPS) is 11.5. The van der Waals surface area contributed by atoms with E-state index in [-0.39, 0.29) is 10.6 Å². The number of hydrogen-bond acceptors (Lipinski definition) is 3. The van der Waals surface area contributed by atoms with Gasteiger partial charge >= 0.3 is 0 Å². The molecule has 0 saturated carbocycles. The first-order valence-corrected chi connectivity index (χ1v) is 10.5. The van der Waals surface area contributed by atoms with Crippen LogP contribution in [0.25, 0.3) is 49.7 Å². The van der Waals surface area contributed by atoms with Gasteiger partial charge < -0.3 is 4.57 Å². The smallest absolute Gasteiger partial charge is 0.227 e. The molecule has 0 amide bonds. The third kappa shape index (κ3) is 3.03. The Morgan fingerprint density at radius 3 is 1.97 bits per heavy atom. The second kappa shape index (κ2) is 7.05. The number of para-hydroxylation sites is 1. The van der Waals surface area contributed by atoms with Crippen molar-refractivity contribution in [2.24, 2.45) is 0 Å². The molecule has 6 heteroatoms. The molecule has 0 bridgehead atoms. The largest absolute Gasteiger partial charge is 0.309 e. The first kappa shape index (κ1) is 18.3. The predicted octanol–water partition coefficient (Wildman–Crippen LogP) is 7.10. The summed E-state index contributed by atoms with van der Waals surface area (Å²) in [5.74, 6) is 0.452. The lowest BCUT2D eigenvalue weighted by molar-refractivity contribution is 1.06. The van der Waals surface area contributed by atoms with Crippen molar-refractivity contribution in [2.75, 3.05) is 0 Å². The van der Waals surface area contributed by atoms with Gasteiger partial charge in [0.05, 0.1) is 11.0 Å². The molecule has 0 aliphatic rings. The number of hydrogen-bond donors (Lipinski definition) is 0. The number of fused-ring (bicyclic) bond motifs is 4. The Hall–Kier alpha value is -3.47. The summed E-state index contributed by atoms with van der Waals surface area (Å²) in [6.07, 6.45) is 0. The van der Waals surface area contributed by atoms with Crippen molar-refractivity contribution < 1.29 is 0 Å². The molecule has 31 heavy (non-hydrogen) atoms. The maximum absolute atomic E-state index is 6.01. The summed E-state index contributed by atoms with van der Waals surface area (Å²) in [7, 11) is 0. The van der Waals surface area contributed by atoms with Gasteiger partial charge in [-0.1, -0.05) is 42.5 Å². The molecule has 0 N–H and O–H groups in total. The summed E-state index contributed by atoms with van der Waals surface area (Å²) in [6, 6.07) is 29.4. The van der Waals surface area contributed by atoms with Crippen LogP contribution in [0.3, 0.4) is 0 Å². The first-order valence-electron chi connectivity index (χ1n) is 9.77. The van der Waals surface area contributed by atoms with Gasteiger partial charge in [-0.3, -0.25) is 0 Å². The Morgan fingerprint density at radius 2 is 1.23 bits per heavy atom. The van der Waals surface area contributed by atoms with Crippen LogP contribution < -0.4 is 0 Å². The third-order valence-electron chi connectivity index (χ3n) is 5.49. The molecule has 0 fully saturated rings. The number of aromatic nitrogens is 4. The van der Waals surface area contributed by atoms with Crippen molar-refractivity contribution in [3.05, 3.63) is 95.5 Å². The molecule has 4 aromatic carbocycles. The molecule has 148 valence electrons. The van der Waals surface area contributed by atoms with Crippen LogP contribution in [0.4, 0.5) is 0 Å². The van der Waals surface area contributed by atoms with Gasteiger partial charge in [-0.2, -0.15) is 15.0 Å². The molecule has 0 aliphatic carbocycles. The van der Waals surface area contributed by atoms with Crippen molar-refractivity contribution in [1.29, 1.82) is 0 Å². The highest BCUT2D eigenvalue weighted by molar-refractivity contribution is 6.31. The van der Waals surface area contributed by atoms with Crippen LogP contribution in [-0.4, -0.2) is 19.5 Å². The fraction of sp³-hybridized carbons (Fsp3) is 0. The average Bonchev–Trinajstić information content (AvgIpc) is 3.10. The lowest BCUT2D eigenvalue weighted by Crippen LogP contribution is -1.95. The Bertz CT molecular complexity index is 1590. The zero-order valence-electron chi connectivity index (χ0n) is 16.1. The monoisotopic (exact) mass is 440 g/mol. The lowest BCUT2D eigenvalue weighted by atomic mass is 10.0. The average molecular weight is 441 g/mol. The SMILES string of the molecule is Clc1nc(Cl)nc(-c2ccc3c(c2)c2cc4ccccc4cc2n3-c2ccccc2)n1. The maximum atomic E-state index is 6.01. The van der Waals surface area contributed by atoms with Crippen molar-refractivity contribution in [3.8, 4) is 17.1 Å². The Morgan fingerprint density at radius 1 is 0.581 bits per heavy atom. The number of benzene rings is 4. The van der Waals surface area contributed by atoms with E-state index >= 15 is 0 Å². The van der Waals surface area contributed by atoms with Crippen molar-refractivity contribution in [1.82, 2.24) is 19.5 Å². The number of rotatable bonds is 2. The number of nitrogens with zero attached hydrogens (tertiary/aromatic N) is 4. The fourth-order valence-corrected chi connectivity index (χ4v) is 4.52.